The fraction of sp³-hybridized carbons (Fsp3) is 0.238. The van der Waals surface area contributed by atoms with E-state index in [9.17, 15) is 9.18 Å². The van der Waals surface area contributed by atoms with Gasteiger partial charge in [0.2, 0.25) is 5.88 Å². The molecule has 0 N–H and O–H groups in total. The van der Waals surface area contributed by atoms with Gasteiger partial charge in [0.1, 0.15) is 17.3 Å². The summed E-state index contributed by atoms with van der Waals surface area (Å²) in [6.45, 7) is 1.25. The maximum absolute atomic E-state index is 13.4. The summed E-state index contributed by atoms with van der Waals surface area (Å²) < 4.78 is 19.2. The average Bonchev–Trinajstić information content (AvgIpc) is 2.74. The second-order valence-electron chi connectivity index (χ2n) is 6.61. The van der Waals surface area contributed by atoms with Crippen molar-refractivity contribution in [2.75, 3.05) is 13.1 Å². The topological polar surface area (TPSA) is 68.2 Å². The molecule has 0 unspecified atom stereocenters. The summed E-state index contributed by atoms with van der Waals surface area (Å²) in [5.74, 6) is 0.528. The van der Waals surface area contributed by atoms with Crippen molar-refractivity contribution in [2.45, 2.75) is 18.8 Å². The molecule has 1 aliphatic heterocycles. The highest BCUT2D eigenvalue weighted by molar-refractivity contribution is 5.94. The quantitative estimate of drug-likeness (QED) is 0.690. The Bertz CT molecular complexity index is 959. The van der Waals surface area contributed by atoms with Crippen LogP contribution in [0.3, 0.4) is 0 Å². The third-order valence-electron chi connectivity index (χ3n) is 4.80. The molecule has 1 aromatic carbocycles. The molecule has 28 heavy (non-hydrogen) atoms. The highest BCUT2D eigenvalue weighted by atomic mass is 19.1. The summed E-state index contributed by atoms with van der Waals surface area (Å²) in [4.78, 5) is 27.1. The van der Waals surface area contributed by atoms with Crippen LogP contribution >= 0.6 is 0 Å². The molecule has 0 radical (unpaired) electrons. The summed E-state index contributed by atoms with van der Waals surface area (Å²) >= 11 is 0. The molecule has 142 valence electrons. The fourth-order valence-corrected chi connectivity index (χ4v) is 3.37. The molecule has 0 saturated carbocycles. The zero-order chi connectivity index (χ0) is 19.3. The average molecular weight is 378 g/mol. The first-order valence-electron chi connectivity index (χ1n) is 9.14. The van der Waals surface area contributed by atoms with Crippen LogP contribution in [0.4, 0.5) is 4.39 Å². The molecule has 0 spiro atoms. The van der Waals surface area contributed by atoms with Gasteiger partial charge in [0.25, 0.3) is 5.91 Å². The Balaban J connectivity index is 1.46. The Morgan fingerprint density at radius 2 is 1.79 bits per heavy atom. The molecule has 2 aromatic heterocycles. The Hall–Kier alpha value is -3.35. The number of pyridine rings is 1. The van der Waals surface area contributed by atoms with E-state index in [4.69, 9.17) is 4.74 Å². The van der Waals surface area contributed by atoms with E-state index < -0.39 is 0 Å². The van der Waals surface area contributed by atoms with Crippen LogP contribution in [0.1, 0.15) is 34.8 Å². The molecule has 1 amide bonds. The molecule has 1 saturated heterocycles. The molecule has 4 rings (SSSR count). The lowest BCUT2D eigenvalue weighted by Crippen LogP contribution is -2.38. The number of piperidine rings is 1. The largest absolute Gasteiger partial charge is 0.437 e. The van der Waals surface area contributed by atoms with Crippen molar-refractivity contribution < 1.29 is 13.9 Å². The molecule has 0 atom stereocenters. The zero-order valence-corrected chi connectivity index (χ0v) is 15.2. The second kappa shape index (κ2) is 8.12. The van der Waals surface area contributed by atoms with Gasteiger partial charge in [-0.3, -0.25) is 14.8 Å². The van der Waals surface area contributed by atoms with Gasteiger partial charge in [-0.05, 0) is 37.1 Å². The Labute approximate surface area is 162 Å². The maximum atomic E-state index is 13.4. The first-order valence-corrected chi connectivity index (χ1v) is 9.14. The molecule has 0 bridgehead atoms. The van der Waals surface area contributed by atoms with Crippen LogP contribution in [0.2, 0.25) is 0 Å². The van der Waals surface area contributed by atoms with E-state index in [2.05, 4.69) is 15.0 Å². The molecule has 1 fully saturated rings. The number of hydrogen-bond acceptors (Lipinski definition) is 5. The van der Waals surface area contributed by atoms with Gasteiger partial charge in [-0.2, -0.15) is 0 Å². The molecule has 3 heterocycles. The van der Waals surface area contributed by atoms with Gasteiger partial charge in [-0.1, -0.05) is 6.07 Å². The van der Waals surface area contributed by atoms with Crippen LogP contribution in [-0.4, -0.2) is 38.8 Å². The smallest absolute Gasteiger partial charge is 0.253 e. The third-order valence-corrected chi connectivity index (χ3v) is 4.80. The van der Waals surface area contributed by atoms with Crippen molar-refractivity contribution in [3.05, 3.63) is 78.3 Å². The van der Waals surface area contributed by atoms with Crippen molar-refractivity contribution in [2.24, 2.45) is 0 Å². The normalized spacial score (nSPS) is 14.7. The van der Waals surface area contributed by atoms with Crippen LogP contribution in [0, 0.1) is 5.82 Å². The fourth-order valence-electron chi connectivity index (χ4n) is 3.37. The summed E-state index contributed by atoms with van der Waals surface area (Å²) in [5.41, 5.74) is 1.38. The minimum Gasteiger partial charge on any atom is -0.437 e. The van der Waals surface area contributed by atoms with E-state index in [-0.39, 0.29) is 17.6 Å². The second-order valence-corrected chi connectivity index (χ2v) is 6.61. The molecular formula is C21H19FN4O2. The molecule has 0 aliphatic carbocycles. The molecule has 1 aliphatic rings. The maximum Gasteiger partial charge on any atom is 0.253 e. The lowest BCUT2D eigenvalue weighted by molar-refractivity contribution is 0.0711. The van der Waals surface area contributed by atoms with Crippen molar-refractivity contribution in [1.82, 2.24) is 19.9 Å². The Morgan fingerprint density at radius 3 is 2.54 bits per heavy atom. The van der Waals surface area contributed by atoms with Crippen LogP contribution in [0.25, 0.3) is 0 Å². The number of hydrogen-bond donors (Lipinski definition) is 0. The van der Waals surface area contributed by atoms with Crippen LogP contribution in [0.15, 0.2) is 61.2 Å². The molecule has 3 aromatic rings. The molecular weight excluding hydrogens is 359 g/mol. The van der Waals surface area contributed by atoms with Gasteiger partial charge in [-0.15, -0.1) is 0 Å². The lowest BCUT2D eigenvalue weighted by Gasteiger charge is -2.32. The minimum absolute atomic E-state index is 0.0104. The van der Waals surface area contributed by atoms with Gasteiger partial charge in [-0.25, -0.2) is 9.37 Å². The number of aromatic nitrogens is 3. The summed E-state index contributed by atoms with van der Waals surface area (Å²) in [6, 6.07) is 9.39. The van der Waals surface area contributed by atoms with E-state index >= 15 is 0 Å². The van der Waals surface area contributed by atoms with Crippen molar-refractivity contribution >= 4 is 5.91 Å². The monoisotopic (exact) mass is 378 g/mol. The highest BCUT2D eigenvalue weighted by Crippen LogP contribution is 2.33. The number of carbonyl (C=O) groups is 1. The van der Waals surface area contributed by atoms with E-state index in [1.165, 1.54) is 12.1 Å². The van der Waals surface area contributed by atoms with Gasteiger partial charge < -0.3 is 9.64 Å². The number of ether oxygens (including phenoxy) is 1. The SMILES string of the molecule is O=C(c1ccncc1)N1CCC(c2nccnc2Oc2cccc(F)c2)CC1. The van der Waals surface area contributed by atoms with Gasteiger partial charge in [0.15, 0.2) is 0 Å². The van der Waals surface area contributed by atoms with Crippen molar-refractivity contribution in [3.63, 3.8) is 0 Å². The van der Waals surface area contributed by atoms with Crippen molar-refractivity contribution in [3.8, 4) is 11.6 Å². The van der Waals surface area contributed by atoms with E-state index in [0.29, 0.717) is 30.3 Å². The highest BCUT2D eigenvalue weighted by Gasteiger charge is 2.28. The van der Waals surface area contributed by atoms with Gasteiger partial charge in [0.05, 0.1) is 0 Å². The summed E-state index contributed by atoms with van der Waals surface area (Å²) in [6.07, 6.45) is 7.94. The summed E-state index contributed by atoms with van der Waals surface area (Å²) in [7, 11) is 0. The number of amides is 1. The number of benzene rings is 1. The summed E-state index contributed by atoms with van der Waals surface area (Å²) in [5, 5.41) is 0. The van der Waals surface area contributed by atoms with E-state index in [1.807, 2.05) is 4.90 Å². The lowest BCUT2D eigenvalue weighted by atomic mass is 9.93. The zero-order valence-electron chi connectivity index (χ0n) is 15.2. The molecule has 7 heteroatoms. The molecule has 6 nitrogen and oxygen atoms in total. The number of nitrogens with zero attached hydrogens (tertiary/aromatic N) is 4. The predicted molar refractivity (Wildman–Crippen MR) is 101 cm³/mol. The number of rotatable bonds is 4. The van der Waals surface area contributed by atoms with Crippen LogP contribution in [-0.2, 0) is 0 Å². The van der Waals surface area contributed by atoms with Crippen molar-refractivity contribution in [1.29, 1.82) is 0 Å². The van der Waals surface area contributed by atoms with Crippen LogP contribution in [0.5, 0.6) is 11.6 Å². The minimum atomic E-state index is -0.370. The number of carbonyl (C=O) groups excluding carboxylic acids is 1. The third kappa shape index (κ3) is 3.98. The Morgan fingerprint density at radius 1 is 1.04 bits per heavy atom. The van der Waals surface area contributed by atoms with E-state index in [0.717, 1.165) is 18.5 Å². The van der Waals surface area contributed by atoms with E-state index in [1.54, 1.807) is 49.1 Å². The standard InChI is InChI=1S/C21H19FN4O2/c22-17-2-1-3-18(14-17)28-20-19(24-10-11-25-20)15-6-12-26(13-7-15)21(27)16-4-8-23-9-5-16/h1-5,8-11,14-15H,6-7,12-13H2. The van der Waals surface area contributed by atoms with Gasteiger partial charge in [0, 0.05) is 55.4 Å². The first-order chi connectivity index (χ1) is 13.7. The van der Waals surface area contributed by atoms with Gasteiger partial charge >= 0.3 is 0 Å². The Kier molecular flexibility index (Phi) is 5.23. The van der Waals surface area contributed by atoms with Crippen LogP contribution < -0.4 is 4.74 Å². The first kappa shape index (κ1) is 18.0. The predicted octanol–water partition coefficient (Wildman–Crippen LogP) is 3.82. The number of likely N-dealkylation sites (tertiary alicyclic amines) is 1. The number of halogens is 1.